The summed E-state index contributed by atoms with van der Waals surface area (Å²) in [6, 6.07) is -0.864. The van der Waals surface area contributed by atoms with Gasteiger partial charge in [0.25, 0.3) is 5.89 Å². The van der Waals surface area contributed by atoms with E-state index in [0.717, 1.165) is 0 Å². The lowest BCUT2D eigenvalue weighted by atomic mass is 10.1. The molecule has 0 fully saturated rings. The molecule has 0 radical (unpaired) electrons. The summed E-state index contributed by atoms with van der Waals surface area (Å²) in [6.45, 7) is 3.38. The van der Waals surface area contributed by atoms with Gasteiger partial charge < -0.3 is 15.0 Å². The van der Waals surface area contributed by atoms with Crippen molar-refractivity contribution in [3.8, 4) is 0 Å². The van der Waals surface area contributed by atoms with Gasteiger partial charge in [0.2, 0.25) is 0 Å². The van der Waals surface area contributed by atoms with Crippen LogP contribution in [0, 0.1) is 0 Å². The van der Waals surface area contributed by atoms with Gasteiger partial charge in [-0.1, -0.05) is 19.0 Å². The Labute approximate surface area is 107 Å². The quantitative estimate of drug-likeness (QED) is 0.823. The molecule has 1 rings (SSSR count). The summed E-state index contributed by atoms with van der Waals surface area (Å²) in [6.07, 6.45) is -5.80. The molecule has 0 aliphatic heterocycles. The van der Waals surface area contributed by atoms with E-state index in [4.69, 9.17) is 10.3 Å². The largest absolute Gasteiger partial charge is 0.490 e. The summed E-state index contributed by atoms with van der Waals surface area (Å²) in [5.74, 6) is -2.27. The van der Waals surface area contributed by atoms with Crippen molar-refractivity contribution in [3.05, 3.63) is 11.7 Å². The van der Waals surface area contributed by atoms with Gasteiger partial charge in [-0.05, 0) is 6.42 Å². The van der Waals surface area contributed by atoms with Gasteiger partial charge in [-0.2, -0.15) is 18.2 Å². The van der Waals surface area contributed by atoms with Gasteiger partial charge in [0.05, 0.1) is 6.04 Å². The summed E-state index contributed by atoms with van der Waals surface area (Å²) in [7, 11) is 0. The van der Waals surface area contributed by atoms with Gasteiger partial charge >= 0.3 is 12.1 Å². The van der Waals surface area contributed by atoms with Crippen molar-refractivity contribution >= 4 is 5.97 Å². The maximum absolute atomic E-state index is 12.2. The van der Waals surface area contributed by atoms with Crippen LogP contribution in [0.2, 0.25) is 0 Å². The number of carbonyl (C=O) groups excluding carboxylic acids is 1. The SMILES string of the molecule is CCc1noc(C(OC(=O)C(F)(F)F)C(N)CC)n1. The molecule has 9 heteroatoms. The Bertz CT molecular complexity index is 433. The maximum Gasteiger partial charge on any atom is 0.490 e. The molecule has 0 amide bonds. The molecular weight excluding hydrogens is 267 g/mol. The van der Waals surface area contributed by atoms with E-state index in [0.29, 0.717) is 12.2 Å². The molecule has 2 atom stereocenters. The van der Waals surface area contributed by atoms with E-state index in [1.54, 1.807) is 13.8 Å². The number of alkyl halides is 3. The Hall–Kier alpha value is -1.64. The molecule has 2 unspecified atom stereocenters. The lowest BCUT2D eigenvalue weighted by Crippen LogP contribution is -2.35. The molecule has 0 spiro atoms. The maximum atomic E-state index is 12.2. The number of hydrogen-bond acceptors (Lipinski definition) is 6. The van der Waals surface area contributed by atoms with E-state index < -0.39 is 24.3 Å². The number of esters is 1. The molecule has 0 aromatic carbocycles. The van der Waals surface area contributed by atoms with Crippen LogP contribution in [0.5, 0.6) is 0 Å². The van der Waals surface area contributed by atoms with Crippen LogP contribution >= 0.6 is 0 Å². The van der Waals surface area contributed by atoms with Crippen molar-refractivity contribution in [1.82, 2.24) is 10.1 Å². The Morgan fingerprint density at radius 1 is 1.47 bits per heavy atom. The van der Waals surface area contributed by atoms with Crippen molar-refractivity contribution in [3.63, 3.8) is 0 Å². The van der Waals surface area contributed by atoms with Crippen LogP contribution in [-0.4, -0.2) is 28.3 Å². The summed E-state index contributed by atoms with van der Waals surface area (Å²) in [4.78, 5) is 14.7. The second kappa shape index (κ2) is 6.00. The molecule has 0 aliphatic carbocycles. The third-order valence-corrected chi connectivity index (χ3v) is 2.37. The zero-order valence-corrected chi connectivity index (χ0v) is 10.4. The average Bonchev–Trinajstić information content (AvgIpc) is 2.81. The number of nitrogens with two attached hydrogens (primary N) is 1. The van der Waals surface area contributed by atoms with E-state index in [2.05, 4.69) is 14.9 Å². The highest BCUT2D eigenvalue weighted by atomic mass is 19.4. The van der Waals surface area contributed by atoms with Crippen LogP contribution in [0.4, 0.5) is 13.2 Å². The molecule has 1 aromatic heterocycles. The van der Waals surface area contributed by atoms with Crippen molar-refractivity contribution in [1.29, 1.82) is 0 Å². The summed E-state index contributed by atoms with van der Waals surface area (Å²) >= 11 is 0. The lowest BCUT2D eigenvalue weighted by molar-refractivity contribution is -0.207. The minimum absolute atomic E-state index is 0.233. The molecule has 1 aromatic rings. The first-order valence-corrected chi connectivity index (χ1v) is 5.65. The first-order chi connectivity index (χ1) is 8.79. The van der Waals surface area contributed by atoms with Crippen LogP contribution in [0.15, 0.2) is 4.52 Å². The number of halogens is 3. The summed E-state index contributed by atoms with van der Waals surface area (Å²) < 4.78 is 45.6. The number of ether oxygens (including phenoxy) is 1. The zero-order valence-electron chi connectivity index (χ0n) is 10.4. The fraction of sp³-hybridized carbons (Fsp3) is 0.700. The highest BCUT2D eigenvalue weighted by molar-refractivity contribution is 5.75. The highest BCUT2D eigenvalue weighted by Gasteiger charge is 2.44. The van der Waals surface area contributed by atoms with Gasteiger partial charge in [0, 0.05) is 6.42 Å². The molecule has 2 N–H and O–H groups in total. The summed E-state index contributed by atoms with van der Waals surface area (Å²) in [5.41, 5.74) is 5.62. The fourth-order valence-electron chi connectivity index (χ4n) is 1.24. The zero-order chi connectivity index (χ0) is 14.6. The molecule has 19 heavy (non-hydrogen) atoms. The van der Waals surface area contributed by atoms with E-state index in [1.165, 1.54) is 0 Å². The Morgan fingerprint density at radius 2 is 2.11 bits per heavy atom. The average molecular weight is 281 g/mol. The van der Waals surface area contributed by atoms with Crippen molar-refractivity contribution in [2.75, 3.05) is 0 Å². The number of rotatable bonds is 5. The smallest absolute Gasteiger partial charge is 0.444 e. The normalized spacial score (nSPS) is 15.1. The molecule has 0 saturated carbocycles. The van der Waals surface area contributed by atoms with Gasteiger partial charge in [0.15, 0.2) is 11.9 Å². The van der Waals surface area contributed by atoms with Crippen LogP contribution < -0.4 is 5.73 Å². The van der Waals surface area contributed by atoms with Crippen molar-refractivity contribution < 1.29 is 27.2 Å². The summed E-state index contributed by atoms with van der Waals surface area (Å²) in [5, 5.41) is 3.53. The van der Waals surface area contributed by atoms with Crippen LogP contribution in [0.25, 0.3) is 0 Å². The van der Waals surface area contributed by atoms with E-state index in [1.807, 2.05) is 0 Å². The third-order valence-electron chi connectivity index (χ3n) is 2.37. The number of aryl methyl sites for hydroxylation is 1. The van der Waals surface area contributed by atoms with Crippen LogP contribution in [0.1, 0.15) is 38.1 Å². The minimum Gasteiger partial charge on any atom is -0.444 e. The Balaban J connectivity index is 2.92. The van der Waals surface area contributed by atoms with Crippen LogP contribution in [0.3, 0.4) is 0 Å². The number of aromatic nitrogens is 2. The number of carbonyl (C=O) groups is 1. The number of nitrogens with zero attached hydrogens (tertiary/aromatic N) is 2. The second-order valence-electron chi connectivity index (χ2n) is 3.80. The van der Waals surface area contributed by atoms with E-state index in [9.17, 15) is 18.0 Å². The van der Waals surface area contributed by atoms with Crippen LogP contribution in [-0.2, 0) is 16.0 Å². The Kier molecular flexibility index (Phi) is 4.87. The molecule has 0 saturated heterocycles. The van der Waals surface area contributed by atoms with E-state index in [-0.39, 0.29) is 12.3 Å². The first-order valence-electron chi connectivity index (χ1n) is 5.65. The molecule has 6 nitrogen and oxygen atoms in total. The third kappa shape index (κ3) is 3.91. The van der Waals surface area contributed by atoms with Gasteiger partial charge in [-0.3, -0.25) is 0 Å². The predicted octanol–water partition coefficient (Wildman–Crippen LogP) is 1.52. The molecule has 1 heterocycles. The molecule has 0 bridgehead atoms. The molecule has 108 valence electrons. The standard InChI is InChI=1S/C10H14F3N3O3/c1-3-5(14)7(18-9(17)10(11,12)13)8-15-6(4-2)16-19-8/h5,7H,3-4,14H2,1-2H3. The first kappa shape index (κ1) is 15.4. The molecular formula is C10H14F3N3O3. The lowest BCUT2D eigenvalue weighted by Gasteiger charge is -2.20. The van der Waals surface area contributed by atoms with Gasteiger partial charge in [-0.15, -0.1) is 0 Å². The van der Waals surface area contributed by atoms with Gasteiger partial charge in [-0.25, -0.2) is 4.79 Å². The number of hydrogen-bond donors (Lipinski definition) is 1. The molecule has 0 aliphatic rings. The van der Waals surface area contributed by atoms with Crippen molar-refractivity contribution in [2.24, 2.45) is 5.73 Å². The van der Waals surface area contributed by atoms with Crippen molar-refractivity contribution in [2.45, 2.75) is 45.0 Å². The van der Waals surface area contributed by atoms with Gasteiger partial charge in [0.1, 0.15) is 0 Å². The second-order valence-corrected chi connectivity index (χ2v) is 3.80. The topological polar surface area (TPSA) is 91.2 Å². The Morgan fingerprint density at radius 3 is 2.53 bits per heavy atom. The minimum atomic E-state index is -5.10. The predicted molar refractivity (Wildman–Crippen MR) is 56.8 cm³/mol. The fourth-order valence-corrected chi connectivity index (χ4v) is 1.24. The monoisotopic (exact) mass is 281 g/mol. The highest BCUT2D eigenvalue weighted by Crippen LogP contribution is 2.26. The van der Waals surface area contributed by atoms with E-state index >= 15 is 0 Å².